The van der Waals surface area contributed by atoms with E-state index in [4.69, 9.17) is 15.2 Å². The summed E-state index contributed by atoms with van der Waals surface area (Å²) in [7, 11) is 1.62. The van der Waals surface area contributed by atoms with E-state index in [9.17, 15) is 4.79 Å². The second-order valence-electron chi connectivity index (χ2n) is 2.91. The van der Waals surface area contributed by atoms with Crippen molar-refractivity contribution in [3.8, 4) is 0 Å². The van der Waals surface area contributed by atoms with Gasteiger partial charge in [-0.3, -0.25) is 4.79 Å². The van der Waals surface area contributed by atoms with Gasteiger partial charge in [0.1, 0.15) is 0 Å². The fourth-order valence-corrected chi connectivity index (χ4v) is 0.807. The predicted octanol–water partition coefficient (Wildman–Crippen LogP) is -0.497. The zero-order valence-corrected chi connectivity index (χ0v) is 8.91. The lowest BCUT2D eigenvalue weighted by molar-refractivity contribution is -0.122. The second-order valence-corrected chi connectivity index (χ2v) is 2.91. The Morgan fingerprint density at radius 2 is 2.14 bits per heavy atom. The number of methoxy groups -OCH3 is 1. The highest BCUT2D eigenvalue weighted by Crippen LogP contribution is 1.84. The molecule has 0 saturated carbocycles. The molecule has 0 aliphatic carbocycles. The number of nitrogens with two attached hydrogens (primary N) is 1. The average Bonchev–Trinajstić information content (AvgIpc) is 2.21. The molecule has 0 aromatic rings. The van der Waals surface area contributed by atoms with E-state index in [1.807, 2.05) is 6.92 Å². The highest BCUT2D eigenvalue weighted by atomic mass is 16.5. The quantitative estimate of drug-likeness (QED) is 0.523. The van der Waals surface area contributed by atoms with Gasteiger partial charge in [0.05, 0.1) is 25.9 Å². The van der Waals surface area contributed by atoms with Crippen molar-refractivity contribution in [2.24, 2.45) is 5.73 Å². The van der Waals surface area contributed by atoms with Gasteiger partial charge in [-0.05, 0) is 6.42 Å². The molecule has 0 spiro atoms. The Morgan fingerprint density at radius 3 is 2.71 bits per heavy atom. The number of hydrogen-bond acceptors (Lipinski definition) is 4. The van der Waals surface area contributed by atoms with E-state index in [0.29, 0.717) is 32.8 Å². The van der Waals surface area contributed by atoms with Crippen LogP contribution in [0.4, 0.5) is 0 Å². The van der Waals surface area contributed by atoms with Gasteiger partial charge in [-0.2, -0.15) is 0 Å². The number of carbonyl (C=O) groups excluding carboxylic acids is 1. The summed E-state index contributed by atoms with van der Waals surface area (Å²) >= 11 is 0. The van der Waals surface area contributed by atoms with E-state index in [2.05, 4.69) is 5.32 Å². The van der Waals surface area contributed by atoms with Crippen molar-refractivity contribution >= 4 is 5.91 Å². The lowest BCUT2D eigenvalue weighted by Gasteiger charge is -2.09. The monoisotopic (exact) mass is 204 g/mol. The molecule has 14 heavy (non-hydrogen) atoms. The minimum absolute atomic E-state index is 0.122. The van der Waals surface area contributed by atoms with Gasteiger partial charge in [-0.25, -0.2) is 0 Å². The fraction of sp³-hybridized carbons (Fsp3) is 0.889. The molecule has 0 aromatic carbocycles. The van der Waals surface area contributed by atoms with Crippen LogP contribution in [-0.2, 0) is 14.3 Å². The molecule has 1 amide bonds. The van der Waals surface area contributed by atoms with Gasteiger partial charge >= 0.3 is 0 Å². The van der Waals surface area contributed by atoms with Crippen molar-refractivity contribution < 1.29 is 14.3 Å². The largest absolute Gasteiger partial charge is 0.382 e. The van der Waals surface area contributed by atoms with Crippen LogP contribution in [0.3, 0.4) is 0 Å². The summed E-state index contributed by atoms with van der Waals surface area (Å²) in [5.41, 5.74) is 5.51. The van der Waals surface area contributed by atoms with Crippen molar-refractivity contribution in [3.63, 3.8) is 0 Å². The summed E-state index contributed by atoms with van der Waals surface area (Å²) in [6.45, 7) is 3.98. The first-order valence-electron chi connectivity index (χ1n) is 4.82. The molecule has 0 bridgehead atoms. The van der Waals surface area contributed by atoms with Crippen LogP contribution in [0.15, 0.2) is 0 Å². The third-order valence-electron chi connectivity index (χ3n) is 1.75. The smallest absolute Gasteiger partial charge is 0.236 e. The van der Waals surface area contributed by atoms with Crippen LogP contribution in [0, 0.1) is 0 Å². The zero-order valence-electron chi connectivity index (χ0n) is 8.91. The van der Waals surface area contributed by atoms with Gasteiger partial charge in [0.25, 0.3) is 0 Å². The molecule has 0 heterocycles. The van der Waals surface area contributed by atoms with Gasteiger partial charge in [0.15, 0.2) is 0 Å². The van der Waals surface area contributed by atoms with Crippen molar-refractivity contribution in [2.75, 3.05) is 33.5 Å². The van der Waals surface area contributed by atoms with Gasteiger partial charge in [-0.1, -0.05) is 6.92 Å². The number of nitrogens with one attached hydrogen (secondary N) is 1. The minimum atomic E-state index is -0.408. The van der Waals surface area contributed by atoms with Crippen molar-refractivity contribution in [2.45, 2.75) is 19.4 Å². The molecule has 1 unspecified atom stereocenters. The molecule has 0 fully saturated rings. The summed E-state index contributed by atoms with van der Waals surface area (Å²) in [4.78, 5) is 11.1. The Hall–Kier alpha value is -0.650. The van der Waals surface area contributed by atoms with Crippen LogP contribution in [-0.4, -0.2) is 45.4 Å². The minimum Gasteiger partial charge on any atom is -0.382 e. The molecule has 5 heteroatoms. The lowest BCUT2D eigenvalue weighted by Crippen LogP contribution is -2.41. The summed E-state index contributed by atoms with van der Waals surface area (Å²) in [5.74, 6) is -0.122. The van der Waals surface area contributed by atoms with Crippen LogP contribution in [0.5, 0.6) is 0 Å². The normalized spacial score (nSPS) is 12.5. The first-order chi connectivity index (χ1) is 6.72. The number of rotatable bonds is 8. The van der Waals surface area contributed by atoms with E-state index >= 15 is 0 Å². The number of hydrogen-bond donors (Lipinski definition) is 2. The molecule has 0 aliphatic heterocycles. The summed E-state index contributed by atoms with van der Waals surface area (Å²) < 4.78 is 9.95. The van der Waals surface area contributed by atoms with Crippen LogP contribution in [0.2, 0.25) is 0 Å². The van der Waals surface area contributed by atoms with E-state index in [1.54, 1.807) is 7.11 Å². The lowest BCUT2D eigenvalue weighted by atomic mass is 10.2. The Balaban J connectivity index is 3.23. The first kappa shape index (κ1) is 13.4. The topological polar surface area (TPSA) is 73.6 Å². The van der Waals surface area contributed by atoms with Crippen LogP contribution in [0.1, 0.15) is 13.3 Å². The van der Waals surface area contributed by atoms with E-state index in [-0.39, 0.29) is 5.91 Å². The first-order valence-corrected chi connectivity index (χ1v) is 4.82. The molecular formula is C9H20N2O3. The third-order valence-corrected chi connectivity index (χ3v) is 1.75. The highest BCUT2D eigenvalue weighted by Gasteiger charge is 2.08. The number of amides is 1. The Morgan fingerprint density at radius 1 is 1.43 bits per heavy atom. The van der Waals surface area contributed by atoms with Gasteiger partial charge in [0, 0.05) is 13.7 Å². The zero-order chi connectivity index (χ0) is 10.8. The predicted molar refractivity (Wildman–Crippen MR) is 54.0 cm³/mol. The second kappa shape index (κ2) is 8.93. The molecule has 0 aliphatic rings. The van der Waals surface area contributed by atoms with Crippen molar-refractivity contribution in [1.82, 2.24) is 5.32 Å². The average molecular weight is 204 g/mol. The molecule has 0 saturated heterocycles. The maximum absolute atomic E-state index is 11.1. The Kier molecular flexibility index (Phi) is 8.51. The van der Waals surface area contributed by atoms with E-state index < -0.39 is 6.04 Å². The van der Waals surface area contributed by atoms with Crippen molar-refractivity contribution in [1.29, 1.82) is 0 Å². The van der Waals surface area contributed by atoms with E-state index in [1.165, 1.54) is 0 Å². The van der Waals surface area contributed by atoms with Crippen LogP contribution < -0.4 is 11.1 Å². The molecular weight excluding hydrogens is 184 g/mol. The Bertz CT molecular complexity index is 153. The molecule has 3 N–H and O–H groups in total. The van der Waals surface area contributed by atoms with Crippen molar-refractivity contribution in [3.05, 3.63) is 0 Å². The number of carbonyl (C=O) groups is 1. The standard InChI is InChI=1S/C9H20N2O3/c1-3-8(10)9(12)11-4-5-14-7-6-13-2/h8H,3-7,10H2,1-2H3,(H,11,12). The van der Waals surface area contributed by atoms with Gasteiger partial charge < -0.3 is 20.5 Å². The molecule has 0 radical (unpaired) electrons. The molecule has 0 aromatic heterocycles. The summed E-state index contributed by atoms with van der Waals surface area (Å²) in [6.07, 6.45) is 0.649. The van der Waals surface area contributed by atoms with E-state index in [0.717, 1.165) is 0 Å². The molecule has 1 atom stereocenters. The number of ether oxygens (including phenoxy) is 2. The third kappa shape index (κ3) is 6.82. The fourth-order valence-electron chi connectivity index (χ4n) is 0.807. The maximum Gasteiger partial charge on any atom is 0.236 e. The van der Waals surface area contributed by atoms with Gasteiger partial charge in [-0.15, -0.1) is 0 Å². The van der Waals surface area contributed by atoms with Crippen LogP contribution >= 0.6 is 0 Å². The maximum atomic E-state index is 11.1. The molecule has 0 rings (SSSR count). The highest BCUT2D eigenvalue weighted by molar-refractivity contribution is 5.81. The molecule has 5 nitrogen and oxygen atoms in total. The van der Waals surface area contributed by atoms with Gasteiger partial charge in [0.2, 0.25) is 5.91 Å². The molecule has 84 valence electrons. The Labute approximate surface area is 84.9 Å². The summed E-state index contributed by atoms with van der Waals surface area (Å²) in [5, 5.41) is 2.68. The SMILES string of the molecule is CCC(N)C(=O)NCCOCCOC. The van der Waals surface area contributed by atoms with Crippen LogP contribution in [0.25, 0.3) is 0 Å². The summed E-state index contributed by atoms with van der Waals surface area (Å²) in [6, 6.07) is -0.408.